The summed E-state index contributed by atoms with van der Waals surface area (Å²) >= 11 is 0. The van der Waals surface area contributed by atoms with Crippen LogP contribution in [0.5, 0.6) is 0 Å². The molecule has 0 aliphatic heterocycles. The molecule has 1 aromatic rings. The molecule has 5 rings (SSSR count). The average Bonchev–Trinajstić information content (AvgIpc) is 3.38. The first-order chi connectivity index (χ1) is 15.6. The lowest BCUT2D eigenvalue weighted by Gasteiger charge is -2.58. The molecule has 0 spiro atoms. The van der Waals surface area contributed by atoms with E-state index in [-0.39, 0.29) is 6.10 Å². The van der Waals surface area contributed by atoms with E-state index >= 15 is 0 Å². The fourth-order valence-corrected chi connectivity index (χ4v) is 9.16. The molecule has 0 radical (unpaired) electrons. The van der Waals surface area contributed by atoms with E-state index in [1.54, 1.807) is 5.57 Å². The van der Waals surface area contributed by atoms with Gasteiger partial charge in [-0.15, -0.1) is 0 Å². The van der Waals surface area contributed by atoms with E-state index < -0.39 is 0 Å². The predicted molar refractivity (Wildman–Crippen MR) is 136 cm³/mol. The van der Waals surface area contributed by atoms with Gasteiger partial charge in [0.2, 0.25) is 0 Å². The number of allylic oxidation sites excluding steroid dienone is 1. The van der Waals surface area contributed by atoms with Crippen molar-refractivity contribution in [2.45, 2.75) is 111 Å². The van der Waals surface area contributed by atoms with Crippen LogP contribution in [-0.2, 0) is 6.54 Å². The lowest BCUT2D eigenvalue weighted by atomic mass is 9.47. The van der Waals surface area contributed by atoms with Crippen LogP contribution in [0, 0.1) is 45.8 Å². The van der Waals surface area contributed by atoms with Gasteiger partial charge in [-0.25, -0.2) is 4.98 Å². The summed E-state index contributed by atoms with van der Waals surface area (Å²) in [4.78, 5) is 4.35. The molecule has 4 aliphatic carbocycles. The van der Waals surface area contributed by atoms with Crippen LogP contribution in [0.25, 0.3) is 0 Å². The molecule has 1 aromatic heterocycles. The fourth-order valence-electron chi connectivity index (χ4n) is 9.16. The second-order valence-corrected chi connectivity index (χ2v) is 14.0. The van der Waals surface area contributed by atoms with Crippen LogP contribution >= 0.6 is 0 Å². The number of hydrogen-bond acceptors (Lipinski definition) is 2. The van der Waals surface area contributed by atoms with Crippen LogP contribution in [0.4, 0.5) is 0 Å². The molecule has 3 heteroatoms. The average molecular weight is 453 g/mol. The van der Waals surface area contributed by atoms with Gasteiger partial charge in [0.1, 0.15) is 0 Å². The van der Waals surface area contributed by atoms with Crippen LogP contribution < -0.4 is 0 Å². The highest BCUT2D eigenvalue weighted by Gasteiger charge is 2.59. The van der Waals surface area contributed by atoms with Crippen LogP contribution in [-0.4, -0.2) is 20.8 Å². The van der Waals surface area contributed by atoms with Gasteiger partial charge in [0, 0.05) is 18.9 Å². The predicted octanol–water partition coefficient (Wildman–Crippen LogP) is 7.27. The summed E-state index contributed by atoms with van der Waals surface area (Å²) in [5, 5.41) is 10.3. The molecule has 3 saturated carbocycles. The van der Waals surface area contributed by atoms with Gasteiger partial charge in [0.05, 0.1) is 12.4 Å². The van der Waals surface area contributed by atoms with E-state index in [1.807, 2.05) is 12.5 Å². The third-order valence-electron chi connectivity index (χ3n) is 11.0. The van der Waals surface area contributed by atoms with Crippen molar-refractivity contribution in [2.75, 3.05) is 0 Å². The molecular weight excluding hydrogens is 404 g/mol. The summed E-state index contributed by atoms with van der Waals surface area (Å²) in [6.45, 7) is 13.6. The van der Waals surface area contributed by atoms with Crippen molar-refractivity contribution < 1.29 is 5.11 Å². The van der Waals surface area contributed by atoms with E-state index in [0.29, 0.717) is 16.2 Å². The standard InChI is InChI=1S/C30H48N2O/c1-28(2,3)13-10-21(19-32-17-16-31-20-32)25-8-9-26-24-7-6-22-18-23(33)11-14-29(22,4)27(24)12-15-30(25,26)5/h6,16-17,20-21,23-27,33H,7-15,18-19H2,1-5H3/t21?,23-,24?,25+,26?,27?,29-,30+/m0/s1. The minimum absolute atomic E-state index is 0.0997. The minimum atomic E-state index is -0.0997. The van der Waals surface area contributed by atoms with Gasteiger partial charge in [-0.05, 0) is 110 Å². The summed E-state index contributed by atoms with van der Waals surface area (Å²) in [5.74, 6) is 4.15. The van der Waals surface area contributed by atoms with E-state index in [1.165, 1.54) is 51.4 Å². The first-order valence-electron chi connectivity index (χ1n) is 13.9. The maximum absolute atomic E-state index is 10.3. The van der Waals surface area contributed by atoms with Gasteiger partial charge in [-0.3, -0.25) is 0 Å². The Bertz CT molecular complexity index is 851. The van der Waals surface area contributed by atoms with Crippen molar-refractivity contribution in [3.8, 4) is 0 Å². The van der Waals surface area contributed by atoms with Gasteiger partial charge in [-0.2, -0.15) is 0 Å². The highest BCUT2D eigenvalue weighted by molar-refractivity contribution is 5.25. The number of hydrogen-bond donors (Lipinski definition) is 1. The van der Waals surface area contributed by atoms with Gasteiger partial charge in [0.25, 0.3) is 0 Å². The molecule has 4 aliphatic rings. The van der Waals surface area contributed by atoms with Gasteiger partial charge >= 0.3 is 0 Å². The van der Waals surface area contributed by atoms with Crippen molar-refractivity contribution in [1.29, 1.82) is 0 Å². The number of aromatic nitrogens is 2. The van der Waals surface area contributed by atoms with E-state index in [4.69, 9.17) is 0 Å². The smallest absolute Gasteiger partial charge is 0.0945 e. The topological polar surface area (TPSA) is 38.0 Å². The largest absolute Gasteiger partial charge is 0.393 e. The molecule has 184 valence electrons. The Morgan fingerprint density at radius 3 is 2.67 bits per heavy atom. The quantitative estimate of drug-likeness (QED) is 0.477. The Morgan fingerprint density at radius 2 is 1.94 bits per heavy atom. The normalized spacial score (nSPS) is 41.6. The summed E-state index contributed by atoms with van der Waals surface area (Å²) in [6.07, 6.45) is 21.3. The molecule has 0 saturated heterocycles. The number of rotatable bonds is 5. The highest BCUT2D eigenvalue weighted by atomic mass is 16.3. The summed E-state index contributed by atoms with van der Waals surface area (Å²) in [5.41, 5.74) is 2.84. The molecule has 1 N–H and O–H groups in total. The van der Waals surface area contributed by atoms with Gasteiger partial charge in [0.15, 0.2) is 0 Å². The Balaban J connectivity index is 1.39. The van der Waals surface area contributed by atoms with Crippen molar-refractivity contribution in [2.24, 2.45) is 45.8 Å². The van der Waals surface area contributed by atoms with E-state index in [2.05, 4.69) is 56.4 Å². The number of fused-ring (bicyclic) bond motifs is 5. The van der Waals surface area contributed by atoms with Crippen LogP contribution in [0.2, 0.25) is 0 Å². The monoisotopic (exact) mass is 452 g/mol. The van der Waals surface area contributed by atoms with Crippen LogP contribution in [0.15, 0.2) is 30.4 Å². The Morgan fingerprint density at radius 1 is 1.12 bits per heavy atom. The van der Waals surface area contributed by atoms with Crippen LogP contribution in [0.3, 0.4) is 0 Å². The van der Waals surface area contributed by atoms with E-state index in [9.17, 15) is 5.11 Å². The summed E-state index contributed by atoms with van der Waals surface area (Å²) in [7, 11) is 0. The number of imidazole rings is 1. The zero-order valence-electron chi connectivity index (χ0n) is 21.9. The zero-order valence-corrected chi connectivity index (χ0v) is 21.9. The Hall–Kier alpha value is -1.09. The van der Waals surface area contributed by atoms with Crippen molar-refractivity contribution in [3.63, 3.8) is 0 Å². The number of aliphatic hydroxyl groups excluding tert-OH is 1. The minimum Gasteiger partial charge on any atom is -0.393 e. The Kier molecular flexibility index (Phi) is 6.12. The molecular formula is C30H48N2O. The number of nitrogens with zero attached hydrogens (tertiary/aromatic N) is 2. The highest BCUT2D eigenvalue weighted by Crippen LogP contribution is 2.67. The second kappa shape index (κ2) is 8.54. The van der Waals surface area contributed by atoms with Gasteiger partial charge in [-0.1, -0.05) is 46.3 Å². The van der Waals surface area contributed by atoms with E-state index in [0.717, 1.165) is 49.0 Å². The molecule has 1 heterocycles. The molecule has 3 fully saturated rings. The fraction of sp³-hybridized carbons (Fsp3) is 0.833. The molecule has 33 heavy (non-hydrogen) atoms. The lowest BCUT2D eigenvalue weighted by molar-refractivity contribution is -0.0601. The molecule has 0 bridgehead atoms. The first kappa shape index (κ1) is 23.6. The third kappa shape index (κ3) is 4.26. The third-order valence-corrected chi connectivity index (χ3v) is 11.0. The first-order valence-corrected chi connectivity index (χ1v) is 13.9. The maximum atomic E-state index is 10.3. The molecule has 3 nitrogen and oxygen atoms in total. The Labute approximate surface area is 202 Å². The molecule has 4 unspecified atom stereocenters. The SMILES string of the molecule is CC(C)(C)CCC(Cn1ccnc1)[C@H]1CCC2C3CC=C4C[C@@H](O)CC[C@]4(C)C3CC[C@@]21C. The van der Waals surface area contributed by atoms with Crippen molar-refractivity contribution in [1.82, 2.24) is 9.55 Å². The van der Waals surface area contributed by atoms with Gasteiger partial charge < -0.3 is 9.67 Å². The molecule has 8 atom stereocenters. The molecule has 0 amide bonds. The lowest BCUT2D eigenvalue weighted by Crippen LogP contribution is -2.51. The van der Waals surface area contributed by atoms with Crippen molar-refractivity contribution in [3.05, 3.63) is 30.4 Å². The summed E-state index contributed by atoms with van der Waals surface area (Å²) < 4.78 is 2.35. The summed E-state index contributed by atoms with van der Waals surface area (Å²) in [6, 6.07) is 0. The van der Waals surface area contributed by atoms with Crippen LogP contribution in [0.1, 0.15) is 98.8 Å². The number of aliphatic hydroxyl groups is 1. The second-order valence-electron chi connectivity index (χ2n) is 14.0. The molecule has 0 aromatic carbocycles. The zero-order chi connectivity index (χ0) is 23.4. The maximum Gasteiger partial charge on any atom is 0.0945 e. The van der Waals surface area contributed by atoms with Crippen molar-refractivity contribution >= 4 is 0 Å².